The van der Waals surface area contributed by atoms with Gasteiger partial charge in [0.05, 0.1) is 17.4 Å². The summed E-state index contributed by atoms with van der Waals surface area (Å²) in [6, 6.07) is 6.89. The topological polar surface area (TPSA) is 73.2 Å². The number of amides is 1. The van der Waals surface area contributed by atoms with Gasteiger partial charge in [0.1, 0.15) is 11.4 Å². The number of carbonyl (C=O) groups excluding carboxylic acids is 1. The minimum absolute atomic E-state index is 0.147. The Morgan fingerprint density at radius 3 is 2.78 bits per heavy atom. The molecule has 1 aromatic carbocycles. The van der Waals surface area contributed by atoms with Crippen LogP contribution in [-0.2, 0) is 17.8 Å². The molecule has 0 spiro atoms. The monoisotopic (exact) mass is 397 g/mol. The second kappa shape index (κ2) is 7.39. The summed E-state index contributed by atoms with van der Waals surface area (Å²) in [7, 11) is 0. The van der Waals surface area contributed by atoms with E-state index in [-0.39, 0.29) is 17.8 Å². The minimum Gasteiger partial charge on any atom is -0.404 e. The molecular weight excluding hydrogens is 383 g/mol. The van der Waals surface area contributed by atoms with Gasteiger partial charge < -0.3 is 10.1 Å². The number of nitrogens with one attached hydrogen (secondary N) is 1. The van der Waals surface area contributed by atoms with Gasteiger partial charge in [0.2, 0.25) is 5.91 Å². The summed E-state index contributed by atoms with van der Waals surface area (Å²) in [5.41, 5.74) is -0.531. The Kier molecular flexibility index (Phi) is 5.17. The van der Waals surface area contributed by atoms with E-state index in [4.69, 9.17) is 0 Å². The van der Waals surface area contributed by atoms with E-state index in [1.807, 2.05) is 6.92 Å². The van der Waals surface area contributed by atoms with Crippen molar-refractivity contribution in [2.45, 2.75) is 26.3 Å². The first-order valence-corrected chi connectivity index (χ1v) is 8.71. The fourth-order valence-electron chi connectivity index (χ4n) is 2.42. The van der Waals surface area contributed by atoms with Crippen molar-refractivity contribution in [3.05, 3.63) is 51.9 Å². The number of carbonyl (C=O) groups is 1. The smallest absolute Gasteiger partial charge is 0.404 e. The van der Waals surface area contributed by atoms with E-state index >= 15 is 0 Å². The summed E-state index contributed by atoms with van der Waals surface area (Å²) in [6.07, 6.45) is -2.88. The maximum Gasteiger partial charge on any atom is 0.573 e. The SMILES string of the molecule is CCc1cc2c(=O)n(CC(=O)Nc3ccccc3OC(F)(F)F)cnc2s1. The summed E-state index contributed by atoms with van der Waals surface area (Å²) in [6.45, 7) is 1.57. The quantitative estimate of drug-likeness (QED) is 0.715. The largest absolute Gasteiger partial charge is 0.573 e. The van der Waals surface area contributed by atoms with Crippen LogP contribution in [0.5, 0.6) is 5.75 Å². The second-order valence-corrected chi connectivity index (χ2v) is 6.67. The molecule has 0 aliphatic rings. The first kappa shape index (κ1) is 18.9. The van der Waals surface area contributed by atoms with Crippen LogP contribution in [0.15, 0.2) is 41.5 Å². The summed E-state index contributed by atoms with van der Waals surface area (Å²) >= 11 is 1.40. The summed E-state index contributed by atoms with van der Waals surface area (Å²) in [5, 5.41) is 2.73. The van der Waals surface area contributed by atoms with Crippen LogP contribution in [0.3, 0.4) is 0 Å². The van der Waals surface area contributed by atoms with Gasteiger partial charge in [0.25, 0.3) is 5.56 Å². The lowest BCUT2D eigenvalue weighted by Crippen LogP contribution is -2.28. The molecule has 0 aliphatic heterocycles. The summed E-state index contributed by atoms with van der Waals surface area (Å²) < 4.78 is 42.3. The molecule has 3 rings (SSSR count). The minimum atomic E-state index is -4.89. The second-order valence-electron chi connectivity index (χ2n) is 5.55. The van der Waals surface area contributed by atoms with Crippen molar-refractivity contribution >= 4 is 33.1 Å². The third kappa shape index (κ3) is 4.45. The Hall–Kier alpha value is -2.88. The van der Waals surface area contributed by atoms with E-state index in [0.717, 1.165) is 21.9 Å². The lowest BCUT2D eigenvalue weighted by atomic mass is 10.3. The molecule has 0 saturated heterocycles. The maximum atomic E-state index is 12.5. The summed E-state index contributed by atoms with van der Waals surface area (Å²) in [5.74, 6) is -1.22. The van der Waals surface area contributed by atoms with E-state index in [1.165, 1.54) is 35.9 Å². The number of alkyl halides is 3. The number of aryl methyl sites for hydroxylation is 1. The normalized spacial score (nSPS) is 11.6. The van der Waals surface area contributed by atoms with Gasteiger partial charge in [0.15, 0.2) is 5.75 Å². The molecule has 0 saturated carbocycles. The number of thiophene rings is 1. The number of hydrogen-bond donors (Lipinski definition) is 1. The first-order chi connectivity index (χ1) is 12.8. The number of fused-ring (bicyclic) bond motifs is 1. The van der Waals surface area contributed by atoms with Crippen molar-refractivity contribution in [1.29, 1.82) is 0 Å². The Bertz CT molecular complexity index is 1040. The number of hydrogen-bond acceptors (Lipinski definition) is 5. The standard InChI is InChI=1S/C17H14F3N3O3S/c1-2-10-7-11-15(27-10)21-9-23(16(11)25)8-14(24)22-12-5-3-4-6-13(12)26-17(18,19)20/h3-7,9H,2,8H2,1H3,(H,22,24). The highest BCUT2D eigenvalue weighted by atomic mass is 32.1. The molecule has 0 aliphatic carbocycles. The number of ether oxygens (including phenoxy) is 1. The number of aromatic nitrogens is 2. The zero-order valence-corrected chi connectivity index (χ0v) is 14.9. The molecule has 0 fully saturated rings. The van der Waals surface area contributed by atoms with Crippen LogP contribution in [0, 0.1) is 0 Å². The van der Waals surface area contributed by atoms with Crippen LogP contribution in [0.25, 0.3) is 10.2 Å². The Morgan fingerprint density at radius 2 is 2.07 bits per heavy atom. The average molecular weight is 397 g/mol. The molecule has 1 N–H and O–H groups in total. The van der Waals surface area contributed by atoms with Crippen LogP contribution < -0.4 is 15.6 Å². The molecule has 27 heavy (non-hydrogen) atoms. The Morgan fingerprint density at radius 1 is 1.33 bits per heavy atom. The fourth-order valence-corrected chi connectivity index (χ4v) is 3.35. The maximum absolute atomic E-state index is 12.5. The molecule has 2 aromatic heterocycles. The molecule has 3 aromatic rings. The molecule has 1 amide bonds. The highest BCUT2D eigenvalue weighted by Crippen LogP contribution is 2.29. The molecule has 0 atom stereocenters. The lowest BCUT2D eigenvalue weighted by Gasteiger charge is -2.14. The third-order valence-corrected chi connectivity index (χ3v) is 4.81. The van der Waals surface area contributed by atoms with Crippen LogP contribution in [0.2, 0.25) is 0 Å². The third-order valence-electron chi connectivity index (χ3n) is 3.62. The predicted molar refractivity (Wildman–Crippen MR) is 95.0 cm³/mol. The zero-order chi connectivity index (χ0) is 19.6. The highest BCUT2D eigenvalue weighted by molar-refractivity contribution is 7.18. The number of halogens is 3. The van der Waals surface area contributed by atoms with Crippen molar-refractivity contribution in [2.75, 3.05) is 5.32 Å². The zero-order valence-electron chi connectivity index (χ0n) is 14.0. The fraction of sp³-hybridized carbons (Fsp3) is 0.235. The molecule has 0 unspecified atom stereocenters. The van der Waals surface area contributed by atoms with E-state index < -0.39 is 18.0 Å². The Labute approximate surface area is 155 Å². The van der Waals surface area contributed by atoms with Gasteiger partial charge >= 0.3 is 6.36 Å². The number of para-hydroxylation sites is 2. The van der Waals surface area contributed by atoms with Crippen molar-refractivity contribution in [3.63, 3.8) is 0 Å². The molecule has 142 valence electrons. The Balaban J connectivity index is 1.80. The van der Waals surface area contributed by atoms with Gasteiger partial charge in [-0.05, 0) is 24.6 Å². The van der Waals surface area contributed by atoms with E-state index in [0.29, 0.717) is 10.2 Å². The van der Waals surface area contributed by atoms with Crippen LogP contribution >= 0.6 is 11.3 Å². The molecular formula is C17H14F3N3O3S. The van der Waals surface area contributed by atoms with Crippen molar-refractivity contribution in [2.24, 2.45) is 0 Å². The molecule has 10 heteroatoms. The van der Waals surface area contributed by atoms with Gasteiger partial charge in [-0.15, -0.1) is 24.5 Å². The molecule has 0 bridgehead atoms. The van der Waals surface area contributed by atoms with E-state index in [9.17, 15) is 22.8 Å². The lowest BCUT2D eigenvalue weighted by molar-refractivity contribution is -0.274. The number of benzene rings is 1. The molecule has 0 radical (unpaired) electrons. The van der Waals surface area contributed by atoms with E-state index in [1.54, 1.807) is 6.07 Å². The van der Waals surface area contributed by atoms with Crippen LogP contribution in [0.1, 0.15) is 11.8 Å². The van der Waals surface area contributed by atoms with E-state index in [2.05, 4.69) is 15.0 Å². The molecule has 2 heterocycles. The highest BCUT2D eigenvalue weighted by Gasteiger charge is 2.32. The van der Waals surface area contributed by atoms with Gasteiger partial charge in [-0.2, -0.15) is 0 Å². The number of nitrogens with zero attached hydrogens (tertiary/aromatic N) is 2. The van der Waals surface area contributed by atoms with Gasteiger partial charge in [0, 0.05) is 4.88 Å². The number of anilines is 1. The van der Waals surface area contributed by atoms with Crippen molar-refractivity contribution < 1.29 is 22.7 Å². The van der Waals surface area contributed by atoms with Crippen molar-refractivity contribution in [1.82, 2.24) is 9.55 Å². The van der Waals surface area contributed by atoms with Crippen LogP contribution in [0.4, 0.5) is 18.9 Å². The first-order valence-electron chi connectivity index (χ1n) is 7.89. The van der Waals surface area contributed by atoms with Crippen molar-refractivity contribution in [3.8, 4) is 5.75 Å². The van der Waals surface area contributed by atoms with Gasteiger partial charge in [-0.3, -0.25) is 14.2 Å². The van der Waals surface area contributed by atoms with Crippen LogP contribution in [-0.4, -0.2) is 21.8 Å². The summed E-state index contributed by atoms with van der Waals surface area (Å²) in [4.78, 5) is 30.4. The van der Waals surface area contributed by atoms with Gasteiger partial charge in [-0.1, -0.05) is 19.1 Å². The van der Waals surface area contributed by atoms with Gasteiger partial charge in [-0.25, -0.2) is 4.98 Å². The predicted octanol–water partition coefficient (Wildman–Crippen LogP) is 3.56. The molecule has 6 nitrogen and oxygen atoms in total. The average Bonchev–Trinajstić information content (AvgIpc) is 3.02. The number of rotatable bonds is 5.